The van der Waals surface area contributed by atoms with Gasteiger partial charge in [0.1, 0.15) is 5.69 Å². The van der Waals surface area contributed by atoms with E-state index in [4.69, 9.17) is 20.5 Å². The summed E-state index contributed by atoms with van der Waals surface area (Å²) in [5.74, 6) is 0.450. The summed E-state index contributed by atoms with van der Waals surface area (Å²) in [7, 11) is 0. The average Bonchev–Trinajstić information content (AvgIpc) is 3.36. The molecule has 4 heterocycles. The number of anilines is 1. The van der Waals surface area contributed by atoms with Gasteiger partial charge in [-0.3, -0.25) is 4.79 Å². The van der Waals surface area contributed by atoms with Gasteiger partial charge in [-0.15, -0.1) is 0 Å². The Labute approximate surface area is 165 Å². The molecule has 0 spiro atoms. The van der Waals surface area contributed by atoms with Gasteiger partial charge < -0.3 is 13.8 Å². The highest BCUT2D eigenvalue weighted by atomic mass is 35.5. The van der Waals surface area contributed by atoms with Crippen molar-refractivity contribution in [1.82, 2.24) is 10.1 Å². The van der Waals surface area contributed by atoms with Gasteiger partial charge in [0.2, 0.25) is 0 Å². The molecule has 1 aromatic carbocycles. The molecule has 0 unspecified atom stereocenters. The van der Waals surface area contributed by atoms with Crippen LogP contribution in [0.3, 0.4) is 0 Å². The minimum absolute atomic E-state index is 0.116. The predicted octanol–water partition coefficient (Wildman–Crippen LogP) is 5.04. The fourth-order valence-corrected chi connectivity index (χ4v) is 3.93. The summed E-state index contributed by atoms with van der Waals surface area (Å²) in [4.78, 5) is 19.9. The van der Waals surface area contributed by atoms with E-state index in [-0.39, 0.29) is 5.91 Å². The first-order valence-electron chi connectivity index (χ1n) is 9.03. The lowest BCUT2D eigenvalue weighted by Gasteiger charge is -2.30. The van der Waals surface area contributed by atoms with Crippen LogP contribution in [-0.4, -0.2) is 22.6 Å². The molecule has 140 valence electrons. The van der Waals surface area contributed by atoms with Gasteiger partial charge in [-0.2, -0.15) is 0 Å². The highest BCUT2D eigenvalue weighted by Crippen LogP contribution is 2.33. The molecular formula is C21H16ClN3O3. The zero-order valence-electron chi connectivity index (χ0n) is 15.1. The van der Waals surface area contributed by atoms with Gasteiger partial charge in [0.05, 0.1) is 22.9 Å². The third kappa shape index (κ3) is 2.68. The number of fused-ring (bicyclic) bond motifs is 2. The first-order chi connectivity index (χ1) is 13.6. The number of aromatic nitrogens is 2. The molecular weight excluding hydrogens is 378 g/mol. The summed E-state index contributed by atoms with van der Waals surface area (Å²) in [6, 6.07) is 11.0. The van der Waals surface area contributed by atoms with Crippen LogP contribution in [0.1, 0.15) is 28.0 Å². The quantitative estimate of drug-likeness (QED) is 0.477. The average molecular weight is 394 g/mol. The van der Waals surface area contributed by atoms with Gasteiger partial charge in [-0.25, -0.2) is 4.98 Å². The van der Waals surface area contributed by atoms with Gasteiger partial charge in [0.15, 0.2) is 5.76 Å². The van der Waals surface area contributed by atoms with Crippen molar-refractivity contribution in [1.29, 1.82) is 0 Å². The van der Waals surface area contributed by atoms with Crippen molar-refractivity contribution in [3.05, 3.63) is 64.5 Å². The van der Waals surface area contributed by atoms with Crippen LogP contribution >= 0.6 is 11.6 Å². The Morgan fingerprint density at radius 2 is 2.14 bits per heavy atom. The smallest absolute Gasteiger partial charge is 0.259 e. The number of nitrogens with zero attached hydrogens (tertiary/aromatic N) is 3. The third-order valence-corrected chi connectivity index (χ3v) is 5.26. The molecule has 28 heavy (non-hydrogen) atoms. The minimum atomic E-state index is -0.116. The Hall–Kier alpha value is -3.12. The van der Waals surface area contributed by atoms with Crippen LogP contribution in [0.4, 0.5) is 5.69 Å². The number of carbonyl (C=O) groups is 1. The van der Waals surface area contributed by atoms with Crippen molar-refractivity contribution >= 4 is 34.3 Å². The van der Waals surface area contributed by atoms with E-state index in [1.807, 2.05) is 18.2 Å². The Bertz CT molecular complexity index is 1200. The largest absolute Gasteiger partial charge is 0.463 e. The molecule has 0 aliphatic carbocycles. The van der Waals surface area contributed by atoms with Crippen molar-refractivity contribution in [3.8, 4) is 11.5 Å². The van der Waals surface area contributed by atoms with E-state index in [0.29, 0.717) is 45.4 Å². The zero-order valence-corrected chi connectivity index (χ0v) is 15.9. The number of carbonyl (C=O) groups excluding carboxylic acids is 1. The van der Waals surface area contributed by atoms with E-state index in [2.05, 4.69) is 10.1 Å². The normalized spacial score (nSPS) is 13.7. The van der Waals surface area contributed by atoms with Crippen LogP contribution in [0, 0.1) is 6.92 Å². The molecule has 0 fully saturated rings. The van der Waals surface area contributed by atoms with Crippen molar-refractivity contribution in [2.24, 2.45) is 0 Å². The van der Waals surface area contributed by atoms with E-state index < -0.39 is 0 Å². The predicted molar refractivity (Wildman–Crippen MR) is 106 cm³/mol. The lowest BCUT2D eigenvalue weighted by molar-refractivity contribution is 0.0986. The van der Waals surface area contributed by atoms with Crippen LogP contribution in [0.25, 0.3) is 22.6 Å². The fourth-order valence-electron chi connectivity index (χ4n) is 3.74. The molecule has 0 atom stereocenters. The zero-order chi connectivity index (χ0) is 19.3. The van der Waals surface area contributed by atoms with Gasteiger partial charge in [-0.05, 0) is 61.7 Å². The number of furan rings is 1. The molecule has 0 radical (unpaired) electrons. The second-order valence-electron chi connectivity index (χ2n) is 6.81. The molecule has 1 aliphatic rings. The van der Waals surface area contributed by atoms with Crippen molar-refractivity contribution in [2.45, 2.75) is 19.8 Å². The van der Waals surface area contributed by atoms with Gasteiger partial charge in [0, 0.05) is 17.3 Å². The van der Waals surface area contributed by atoms with Crippen LogP contribution in [0.15, 0.2) is 51.6 Å². The number of pyridine rings is 1. The van der Waals surface area contributed by atoms with E-state index in [1.54, 1.807) is 36.3 Å². The molecule has 0 bridgehead atoms. The number of benzene rings is 1. The molecule has 0 N–H and O–H groups in total. The minimum Gasteiger partial charge on any atom is -0.463 e. The molecule has 0 saturated carbocycles. The first kappa shape index (κ1) is 17.0. The maximum Gasteiger partial charge on any atom is 0.259 e. The number of hydrogen-bond acceptors (Lipinski definition) is 5. The van der Waals surface area contributed by atoms with Gasteiger partial charge >= 0.3 is 0 Å². The van der Waals surface area contributed by atoms with E-state index in [1.165, 1.54) is 0 Å². The molecule has 1 aliphatic heterocycles. The third-order valence-electron chi connectivity index (χ3n) is 5.03. The standard InChI is InChI=1S/C21H16ClN3O3/c1-12-19-15(11-16(18-5-3-9-27-18)23-20(19)28-24-12)21(26)25-8-2-4-13-10-14(22)6-7-17(13)25/h3,5-7,9-11H,2,4,8H2,1H3. The van der Waals surface area contributed by atoms with Gasteiger partial charge in [-0.1, -0.05) is 16.8 Å². The molecule has 6 nitrogen and oxygen atoms in total. The van der Waals surface area contributed by atoms with E-state index in [9.17, 15) is 4.79 Å². The Balaban J connectivity index is 1.67. The maximum atomic E-state index is 13.6. The Kier molecular flexibility index (Phi) is 3.94. The van der Waals surface area contributed by atoms with E-state index in [0.717, 1.165) is 24.1 Å². The van der Waals surface area contributed by atoms with Crippen molar-refractivity contribution in [3.63, 3.8) is 0 Å². The van der Waals surface area contributed by atoms with Crippen LogP contribution in [-0.2, 0) is 6.42 Å². The molecule has 0 saturated heterocycles. The summed E-state index contributed by atoms with van der Waals surface area (Å²) in [6.45, 7) is 2.44. The molecule has 5 rings (SSSR count). The Morgan fingerprint density at radius 1 is 1.25 bits per heavy atom. The summed E-state index contributed by atoms with van der Waals surface area (Å²) in [5, 5.41) is 5.31. The maximum absolute atomic E-state index is 13.6. The Morgan fingerprint density at radius 3 is 2.96 bits per heavy atom. The van der Waals surface area contributed by atoms with Crippen molar-refractivity contribution < 1.29 is 13.7 Å². The second-order valence-corrected chi connectivity index (χ2v) is 7.25. The second kappa shape index (κ2) is 6.49. The number of hydrogen-bond donors (Lipinski definition) is 0. The number of amides is 1. The van der Waals surface area contributed by atoms with Gasteiger partial charge in [0.25, 0.3) is 11.6 Å². The number of aryl methyl sites for hydroxylation is 2. The molecule has 3 aromatic heterocycles. The summed E-state index contributed by atoms with van der Waals surface area (Å²) >= 11 is 6.14. The number of halogens is 1. The summed E-state index contributed by atoms with van der Waals surface area (Å²) in [5.41, 5.74) is 3.95. The van der Waals surface area contributed by atoms with Crippen LogP contribution in [0.5, 0.6) is 0 Å². The van der Waals surface area contributed by atoms with Crippen LogP contribution < -0.4 is 4.90 Å². The fraction of sp³-hybridized carbons (Fsp3) is 0.190. The lowest BCUT2D eigenvalue weighted by atomic mass is 10.00. The monoisotopic (exact) mass is 393 g/mol. The van der Waals surface area contributed by atoms with E-state index >= 15 is 0 Å². The lowest BCUT2D eigenvalue weighted by Crippen LogP contribution is -2.35. The molecule has 4 aromatic rings. The topological polar surface area (TPSA) is 72.4 Å². The summed E-state index contributed by atoms with van der Waals surface area (Å²) < 4.78 is 10.8. The first-order valence-corrected chi connectivity index (χ1v) is 9.41. The SMILES string of the molecule is Cc1noc2nc(-c3ccco3)cc(C(=O)N3CCCc4cc(Cl)ccc43)c12. The molecule has 7 heteroatoms. The highest BCUT2D eigenvalue weighted by Gasteiger charge is 2.28. The number of rotatable bonds is 2. The van der Waals surface area contributed by atoms with Crippen molar-refractivity contribution in [2.75, 3.05) is 11.4 Å². The van der Waals surface area contributed by atoms with Crippen LogP contribution in [0.2, 0.25) is 5.02 Å². The highest BCUT2D eigenvalue weighted by molar-refractivity contribution is 6.30. The molecule has 1 amide bonds. The summed E-state index contributed by atoms with van der Waals surface area (Å²) in [6.07, 6.45) is 3.34.